The Labute approximate surface area is 195 Å². The average Bonchev–Trinajstić information content (AvgIpc) is 3.40. The van der Waals surface area contributed by atoms with Gasteiger partial charge in [-0.25, -0.2) is 4.98 Å². The third-order valence-corrected chi connectivity index (χ3v) is 5.95. The lowest BCUT2D eigenvalue weighted by Gasteiger charge is -2.05. The number of amides is 1. The summed E-state index contributed by atoms with van der Waals surface area (Å²) in [6.45, 7) is 0. The Kier molecular flexibility index (Phi) is 6.21. The molecule has 0 atom stereocenters. The van der Waals surface area contributed by atoms with Gasteiger partial charge in [0.25, 0.3) is 5.91 Å². The highest BCUT2D eigenvalue weighted by atomic mass is 79.9. The maximum atomic E-state index is 12.5. The Morgan fingerprint density at radius 3 is 2.61 bits per heavy atom. The molecule has 2 N–H and O–H groups in total. The topological polar surface area (TPSA) is 85.6 Å². The Morgan fingerprint density at radius 2 is 1.90 bits per heavy atom. The van der Waals surface area contributed by atoms with E-state index in [9.17, 15) is 4.79 Å². The summed E-state index contributed by atoms with van der Waals surface area (Å²) >= 11 is 10.0. The summed E-state index contributed by atoms with van der Waals surface area (Å²) < 4.78 is 18.1. The summed E-state index contributed by atoms with van der Waals surface area (Å²) in [7, 11) is 3.15. The SMILES string of the molecule is COc1cc(OC)c2nc(NC(=S)NC(=O)c3ccc(-c4ccc(Br)cc4)o3)sc2c1. The van der Waals surface area contributed by atoms with Crippen LogP contribution in [0.3, 0.4) is 0 Å². The Bertz CT molecular complexity index is 1270. The van der Waals surface area contributed by atoms with E-state index >= 15 is 0 Å². The van der Waals surface area contributed by atoms with E-state index in [1.165, 1.54) is 11.3 Å². The molecule has 31 heavy (non-hydrogen) atoms. The molecule has 0 radical (unpaired) electrons. The van der Waals surface area contributed by atoms with Crippen molar-refractivity contribution in [3.63, 3.8) is 0 Å². The van der Waals surface area contributed by atoms with Gasteiger partial charge < -0.3 is 19.2 Å². The molecule has 0 aliphatic rings. The number of methoxy groups -OCH3 is 2. The second-order valence-corrected chi connectivity index (χ2v) is 8.63. The minimum atomic E-state index is -0.457. The number of rotatable bonds is 5. The zero-order chi connectivity index (χ0) is 22.0. The lowest BCUT2D eigenvalue weighted by atomic mass is 10.2. The fraction of sp³-hybridized carbons (Fsp3) is 0.0952. The van der Waals surface area contributed by atoms with Crippen LogP contribution >= 0.6 is 39.5 Å². The maximum Gasteiger partial charge on any atom is 0.293 e. The van der Waals surface area contributed by atoms with Crippen LogP contribution in [0.1, 0.15) is 10.6 Å². The number of benzene rings is 2. The van der Waals surface area contributed by atoms with Crippen LogP contribution in [0.2, 0.25) is 0 Å². The molecule has 10 heteroatoms. The van der Waals surface area contributed by atoms with Crippen molar-refractivity contribution in [1.29, 1.82) is 0 Å². The molecule has 2 heterocycles. The number of nitrogens with one attached hydrogen (secondary N) is 2. The van der Waals surface area contributed by atoms with Gasteiger partial charge in [-0.1, -0.05) is 39.4 Å². The van der Waals surface area contributed by atoms with Crippen molar-refractivity contribution in [2.24, 2.45) is 0 Å². The summed E-state index contributed by atoms with van der Waals surface area (Å²) in [6.07, 6.45) is 0. The molecule has 4 rings (SSSR count). The van der Waals surface area contributed by atoms with Crippen molar-refractivity contribution in [3.05, 3.63) is 58.8 Å². The molecule has 4 aromatic rings. The number of anilines is 1. The minimum absolute atomic E-state index is 0.108. The summed E-state index contributed by atoms with van der Waals surface area (Å²) in [5.41, 5.74) is 1.54. The summed E-state index contributed by atoms with van der Waals surface area (Å²) in [6, 6.07) is 14.5. The van der Waals surface area contributed by atoms with Gasteiger partial charge in [0.1, 0.15) is 22.8 Å². The molecule has 0 spiro atoms. The highest BCUT2D eigenvalue weighted by Gasteiger charge is 2.16. The molecule has 158 valence electrons. The van der Waals surface area contributed by atoms with Crippen LogP contribution in [-0.2, 0) is 0 Å². The molecule has 0 saturated carbocycles. The Hall–Kier alpha value is -2.95. The highest BCUT2D eigenvalue weighted by Crippen LogP contribution is 2.36. The van der Waals surface area contributed by atoms with Crippen LogP contribution < -0.4 is 20.1 Å². The van der Waals surface area contributed by atoms with Crippen LogP contribution in [0.5, 0.6) is 11.5 Å². The van der Waals surface area contributed by atoms with E-state index in [2.05, 4.69) is 31.5 Å². The first-order valence-corrected chi connectivity index (χ1v) is 11.0. The zero-order valence-electron chi connectivity index (χ0n) is 16.4. The van der Waals surface area contributed by atoms with Gasteiger partial charge in [0.05, 0.1) is 18.9 Å². The number of carbonyl (C=O) groups is 1. The molecule has 0 aliphatic heterocycles. The fourth-order valence-electron chi connectivity index (χ4n) is 2.82. The second kappa shape index (κ2) is 9.04. The first-order chi connectivity index (χ1) is 15.0. The fourth-order valence-corrected chi connectivity index (χ4v) is 4.26. The normalized spacial score (nSPS) is 10.7. The Balaban J connectivity index is 1.45. The van der Waals surface area contributed by atoms with Gasteiger partial charge in [0, 0.05) is 16.1 Å². The van der Waals surface area contributed by atoms with Crippen LogP contribution in [0.25, 0.3) is 21.5 Å². The van der Waals surface area contributed by atoms with Gasteiger partial charge in [-0.2, -0.15) is 0 Å². The van der Waals surface area contributed by atoms with E-state index in [0.29, 0.717) is 27.9 Å². The average molecular weight is 518 g/mol. The summed E-state index contributed by atoms with van der Waals surface area (Å²) in [4.78, 5) is 17.0. The number of thiazole rings is 1. The molecule has 2 aromatic heterocycles. The monoisotopic (exact) mass is 517 g/mol. The third-order valence-electron chi connectivity index (χ3n) is 4.30. The predicted molar refractivity (Wildman–Crippen MR) is 128 cm³/mol. The smallest absolute Gasteiger partial charge is 0.293 e. The number of hydrogen-bond donors (Lipinski definition) is 2. The lowest BCUT2D eigenvalue weighted by molar-refractivity contribution is 0.0951. The number of halogens is 1. The minimum Gasteiger partial charge on any atom is -0.497 e. The van der Waals surface area contributed by atoms with Crippen LogP contribution in [0, 0.1) is 0 Å². The van der Waals surface area contributed by atoms with Gasteiger partial charge >= 0.3 is 0 Å². The van der Waals surface area contributed by atoms with Crippen LogP contribution in [0.4, 0.5) is 5.13 Å². The predicted octanol–water partition coefficient (Wildman–Crippen LogP) is 5.46. The zero-order valence-corrected chi connectivity index (χ0v) is 19.6. The van der Waals surface area contributed by atoms with E-state index in [1.54, 1.807) is 32.4 Å². The van der Waals surface area contributed by atoms with Gasteiger partial charge in [-0.05, 0) is 42.5 Å². The standard InChI is InChI=1S/C21H16BrN3O4S2/c1-27-13-9-16(28-2)18-17(10-13)31-21(23-18)25-20(30)24-19(26)15-8-7-14(29-15)11-3-5-12(22)6-4-11/h3-10H,1-2H3,(H2,23,24,25,26,30). The first-order valence-electron chi connectivity index (χ1n) is 8.97. The van der Waals surface area contributed by atoms with Crippen LogP contribution in [-0.4, -0.2) is 30.2 Å². The molecular formula is C21H16BrN3O4S2. The molecule has 0 bridgehead atoms. The van der Waals surface area contributed by atoms with Crippen molar-refractivity contribution >= 4 is 65.9 Å². The van der Waals surface area contributed by atoms with E-state index in [-0.39, 0.29) is 10.9 Å². The number of carbonyl (C=O) groups excluding carboxylic acids is 1. The molecule has 0 fully saturated rings. The number of furan rings is 1. The van der Waals surface area contributed by atoms with Gasteiger partial charge in [0.2, 0.25) is 0 Å². The summed E-state index contributed by atoms with van der Waals surface area (Å²) in [5.74, 6) is 1.53. The quantitative estimate of drug-likeness (QED) is 0.339. The van der Waals surface area contributed by atoms with Crippen LogP contribution in [0.15, 0.2) is 57.4 Å². The van der Waals surface area contributed by atoms with Gasteiger partial charge in [-0.15, -0.1) is 0 Å². The van der Waals surface area contributed by atoms with E-state index in [4.69, 9.17) is 26.1 Å². The van der Waals surface area contributed by atoms with Crippen molar-refractivity contribution in [2.45, 2.75) is 0 Å². The van der Waals surface area contributed by atoms with Crippen molar-refractivity contribution in [1.82, 2.24) is 10.3 Å². The van der Waals surface area contributed by atoms with Crippen molar-refractivity contribution < 1.29 is 18.7 Å². The number of thiocarbonyl (C=S) groups is 1. The summed E-state index contributed by atoms with van der Waals surface area (Å²) in [5, 5.41) is 6.16. The second-order valence-electron chi connectivity index (χ2n) is 6.27. The molecular weight excluding hydrogens is 502 g/mol. The third kappa shape index (κ3) is 4.71. The molecule has 2 aromatic carbocycles. The van der Waals surface area contributed by atoms with E-state index in [0.717, 1.165) is 14.7 Å². The molecule has 0 aliphatic carbocycles. The van der Waals surface area contributed by atoms with E-state index in [1.807, 2.05) is 30.3 Å². The Morgan fingerprint density at radius 1 is 1.13 bits per heavy atom. The lowest BCUT2D eigenvalue weighted by Crippen LogP contribution is -2.33. The molecule has 7 nitrogen and oxygen atoms in total. The van der Waals surface area contributed by atoms with Gasteiger partial charge in [0.15, 0.2) is 16.0 Å². The number of hydrogen-bond acceptors (Lipinski definition) is 7. The number of nitrogens with zero attached hydrogens (tertiary/aromatic N) is 1. The van der Waals surface area contributed by atoms with Gasteiger partial charge in [-0.3, -0.25) is 10.1 Å². The highest BCUT2D eigenvalue weighted by molar-refractivity contribution is 9.10. The van der Waals surface area contributed by atoms with Crippen molar-refractivity contribution in [3.8, 4) is 22.8 Å². The number of fused-ring (bicyclic) bond motifs is 1. The largest absolute Gasteiger partial charge is 0.497 e. The first kappa shape index (κ1) is 21.3. The molecule has 0 unspecified atom stereocenters. The molecule has 1 amide bonds. The molecule has 0 saturated heterocycles. The number of aromatic nitrogens is 1. The van der Waals surface area contributed by atoms with Crippen molar-refractivity contribution in [2.75, 3.05) is 19.5 Å². The number of ether oxygens (including phenoxy) is 2. The van der Waals surface area contributed by atoms with E-state index < -0.39 is 5.91 Å². The maximum absolute atomic E-state index is 12.5.